The molecule has 2 aliphatic rings. The number of nitrogens with one attached hydrogen (secondary N) is 2. The van der Waals surface area contributed by atoms with Gasteiger partial charge < -0.3 is 30.1 Å². The third-order valence-electron chi connectivity index (χ3n) is 8.38. The lowest BCUT2D eigenvalue weighted by Gasteiger charge is -2.44. The van der Waals surface area contributed by atoms with Gasteiger partial charge in [-0.1, -0.05) is 20.8 Å². The molecule has 42 heavy (non-hydrogen) atoms. The first-order chi connectivity index (χ1) is 19.4. The molecule has 1 aromatic heterocycles. The van der Waals surface area contributed by atoms with Gasteiger partial charge in [0.1, 0.15) is 0 Å². The summed E-state index contributed by atoms with van der Waals surface area (Å²) in [5.41, 5.74) is -2.36. The van der Waals surface area contributed by atoms with Gasteiger partial charge in [-0.3, -0.25) is 4.79 Å². The summed E-state index contributed by atoms with van der Waals surface area (Å²) in [6.07, 6.45) is -1.39. The molecular formula is C29H42F3N5O5. The molecule has 3 N–H and O–H groups in total. The van der Waals surface area contributed by atoms with E-state index in [9.17, 15) is 27.9 Å². The molecule has 0 radical (unpaired) electrons. The van der Waals surface area contributed by atoms with Gasteiger partial charge in [-0.2, -0.15) is 18.3 Å². The van der Waals surface area contributed by atoms with Crippen molar-refractivity contribution in [1.82, 2.24) is 20.0 Å². The number of halogens is 3. The molecule has 0 spiro atoms. The van der Waals surface area contributed by atoms with Gasteiger partial charge in [0.05, 0.1) is 17.7 Å². The number of hydrogen-bond donors (Lipinski definition) is 3. The number of methoxy groups -OCH3 is 1. The van der Waals surface area contributed by atoms with Crippen molar-refractivity contribution in [3.05, 3.63) is 23.9 Å². The summed E-state index contributed by atoms with van der Waals surface area (Å²) in [6, 6.07) is 2.79. The Morgan fingerprint density at radius 3 is 2.40 bits per heavy atom. The third-order valence-corrected chi connectivity index (χ3v) is 8.38. The normalized spacial score (nSPS) is 24.1. The Kier molecular flexibility index (Phi) is 8.88. The summed E-state index contributed by atoms with van der Waals surface area (Å²) in [4.78, 5) is 27.0. The van der Waals surface area contributed by atoms with Crippen molar-refractivity contribution in [1.29, 1.82) is 0 Å². The number of nitrogens with zero attached hydrogens (tertiary/aromatic N) is 3. The Morgan fingerprint density at radius 2 is 1.83 bits per heavy atom. The summed E-state index contributed by atoms with van der Waals surface area (Å²) in [6.45, 7) is 11.3. The number of carbonyl (C=O) groups excluding carboxylic acids is 2. The van der Waals surface area contributed by atoms with Crippen LogP contribution in [0.25, 0.3) is 10.9 Å². The summed E-state index contributed by atoms with van der Waals surface area (Å²) < 4.78 is 52.4. The summed E-state index contributed by atoms with van der Waals surface area (Å²) in [5, 5.41) is 21.1. The zero-order valence-electron chi connectivity index (χ0n) is 25.1. The molecule has 2 amide bonds. The van der Waals surface area contributed by atoms with Crippen LogP contribution in [0.4, 0.5) is 23.7 Å². The first-order valence-corrected chi connectivity index (χ1v) is 14.3. The molecular weight excluding hydrogens is 555 g/mol. The highest BCUT2D eigenvalue weighted by atomic mass is 19.4. The second-order valence-corrected chi connectivity index (χ2v) is 13.0. The van der Waals surface area contributed by atoms with Crippen LogP contribution in [0.3, 0.4) is 0 Å². The molecule has 2 heterocycles. The van der Waals surface area contributed by atoms with Crippen molar-refractivity contribution >= 4 is 28.6 Å². The van der Waals surface area contributed by atoms with Gasteiger partial charge in [-0.15, -0.1) is 0 Å². The lowest BCUT2D eigenvalue weighted by Crippen LogP contribution is -2.56. The lowest BCUT2D eigenvalue weighted by atomic mass is 9.70. The zero-order chi connectivity index (χ0) is 31.1. The summed E-state index contributed by atoms with van der Waals surface area (Å²) >= 11 is 0. The first kappa shape index (κ1) is 32.0. The van der Waals surface area contributed by atoms with Crippen molar-refractivity contribution in [3.63, 3.8) is 0 Å². The van der Waals surface area contributed by atoms with Gasteiger partial charge in [0.25, 0.3) is 0 Å². The maximum Gasteiger partial charge on any atom is 0.471 e. The fraction of sp³-hybridized carbons (Fsp3) is 0.690. The van der Waals surface area contributed by atoms with Crippen LogP contribution in [-0.2, 0) is 25.6 Å². The number of aliphatic hydroxyl groups is 1. The number of fused-ring (bicyclic) bond motifs is 1. The number of benzene rings is 1. The number of hydrogen-bond acceptors (Lipinski definition) is 7. The number of piperazine rings is 1. The van der Waals surface area contributed by atoms with Gasteiger partial charge in [0.15, 0.2) is 0 Å². The van der Waals surface area contributed by atoms with Crippen molar-refractivity contribution in [2.45, 2.75) is 83.8 Å². The topological polar surface area (TPSA) is 118 Å². The third kappa shape index (κ3) is 7.00. The standard InChI is InChI=1S/C29H42F3N5O5/c1-26(2,3)19-7-9-28(10-8-19,42-25(39)36-12-11-33-20(16-36)17-41-6)37-15-18-13-23(34-24(38)29(30,31)32)21(27(4,5)40)14-22(18)35-37/h13-15,19-20,33,40H,7-12,16-17H2,1-6H3,(H,34,38)/t19?,20-,28?/m1/s1. The number of carbonyl (C=O) groups is 2. The van der Waals surface area contributed by atoms with E-state index in [0.717, 1.165) is 12.8 Å². The number of ether oxygens (including phenoxy) is 2. The Hall–Kier alpha value is -2.90. The predicted molar refractivity (Wildman–Crippen MR) is 151 cm³/mol. The van der Waals surface area contributed by atoms with Crippen molar-refractivity contribution in [2.24, 2.45) is 11.3 Å². The number of aromatic nitrogens is 2. The molecule has 13 heteroatoms. The van der Waals surface area contributed by atoms with E-state index in [4.69, 9.17) is 14.6 Å². The monoisotopic (exact) mass is 597 g/mol. The maximum absolute atomic E-state index is 13.6. The van der Waals surface area contributed by atoms with Crippen LogP contribution in [0.5, 0.6) is 0 Å². The van der Waals surface area contributed by atoms with Crippen LogP contribution in [-0.4, -0.2) is 77.4 Å². The van der Waals surface area contributed by atoms with Crippen LogP contribution in [0.1, 0.15) is 65.9 Å². The highest BCUT2D eigenvalue weighted by Gasteiger charge is 2.45. The van der Waals surface area contributed by atoms with Gasteiger partial charge in [0, 0.05) is 68.5 Å². The minimum atomic E-state index is -5.10. The Bertz CT molecular complexity index is 1290. The van der Waals surface area contributed by atoms with Crippen LogP contribution < -0.4 is 10.6 Å². The molecule has 0 bridgehead atoms. The van der Waals surface area contributed by atoms with Gasteiger partial charge >= 0.3 is 18.2 Å². The van der Waals surface area contributed by atoms with Gasteiger partial charge in [-0.25, -0.2) is 9.48 Å². The van der Waals surface area contributed by atoms with Gasteiger partial charge in [0.2, 0.25) is 5.72 Å². The molecule has 0 unspecified atom stereocenters. The highest BCUT2D eigenvalue weighted by molar-refractivity contribution is 5.98. The van der Waals surface area contributed by atoms with Crippen LogP contribution >= 0.6 is 0 Å². The molecule has 4 rings (SSSR count). The van der Waals surface area contributed by atoms with E-state index in [1.807, 2.05) is 5.32 Å². The molecule has 10 nitrogen and oxygen atoms in total. The molecule has 1 aliphatic carbocycles. The van der Waals surface area contributed by atoms with E-state index in [-0.39, 0.29) is 22.7 Å². The van der Waals surface area contributed by atoms with Crippen LogP contribution in [0.15, 0.2) is 18.3 Å². The zero-order valence-corrected chi connectivity index (χ0v) is 25.1. The minimum Gasteiger partial charge on any atom is -0.421 e. The van der Waals surface area contributed by atoms with Crippen molar-refractivity contribution in [3.8, 4) is 0 Å². The fourth-order valence-electron chi connectivity index (χ4n) is 5.93. The summed E-state index contributed by atoms with van der Waals surface area (Å²) in [5.74, 6) is -1.75. The van der Waals surface area contributed by atoms with Crippen molar-refractivity contribution < 1.29 is 37.3 Å². The quantitative estimate of drug-likeness (QED) is 0.442. The molecule has 1 atom stereocenters. The van der Waals surface area contributed by atoms with E-state index < -0.39 is 29.5 Å². The minimum absolute atomic E-state index is 0.0262. The van der Waals surface area contributed by atoms with E-state index in [1.54, 1.807) is 22.9 Å². The molecule has 2 aromatic rings. The fourth-order valence-corrected chi connectivity index (χ4v) is 5.93. The van der Waals surface area contributed by atoms with Gasteiger partial charge in [-0.05, 0) is 50.2 Å². The van der Waals surface area contributed by atoms with E-state index >= 15 is 0 Å². The molecule has 234 valence electrons. The molecule has 2 fully saturated rings. The van der Waals surface area contributed by atoms with Crippen LogP contribution in [0.2, 0.25) is 0 Å². The average Bonchev–Trinajstić information content (AvgIpc) is 3.31. The Morgan fingerprint density at radius 1 is 1.17 bits per heavy atom. The van der Waals surface area contributed by atoms with E-state index in [0.29, 0.717) is 55.9 Å². The number of alkyl halides is 3. The highest BCUT2D eigenvalue weighted by Crippen LogP contribution is 2.46. The lowest BCUT2D eigenvalue weighted by molar-refractivity contribution is -0.167. The molecule has 1 aliphatic heterocycles. The number of amides is 2. The van der Waals surface area contributed by atoms with E-state index in [1.165, 1.54) is 26.0 Å². The average molecular weight is 598 g/mol. The Balaban J connectivity index is 1.72. The van der Waals surface area contributed by atoms with Crippen LogP contribution in [0, 0.1) is 11.3 Å². The maximum atomic E-state index is 13.6. The molecule has 1 saturated heterocycles. The molecule has 1 saturated carbocycles. The summed E-state index contributed by atoms with van der Waals surface area (Å²) in [7, 11) is 1.60. The Labute approximate surface area is 243 Å². The smallest absolute Gasteiger partial charge is 0.421 e. The largest absolute Gasteiger partial charge is 0.471 e. The van der Waals surface area contributed by atoms with Crippen molar-refractivity contribution in [2.75, 3.05) is 38.7 Å². The van der Waals surface area contributed by atoms with E-state index in [2.05, 4.69) is 26.1 Å². The number of rotatable bonds is 6. The predicted octanol–water partition coefficient (Wildman–Crippen LogP) is 4.71. The SMILES string of the molecule is COC[C@H]1CN(C(=O)OC2(n3cc4cc(NC(=O)C(F)(F)F)c(C(C)(C)O)cc4n3)CCC(C(C)(C)C)CC2)CCN1. The second kappa shape index (κ2) is 11.6. The number of anilines is 1. The first-order valence-electron chi connectivity index (χ1n) is 14.3. The molecule has 1 aromatic carbocycles. The second-order valence-electron chi connectivity index (χ2n) is 13.0.